The number of nitrogens with zero attached hydrogens (tertiary/aromatic N) is 6. The molecule has 3 heterocycles. The molecule has 8 heteroatoms. The van der Waals surface area contributed by atoms with E-state index in [2.05, 4.69) is 20.3 Å². The molecule has 1 saturated heterocycles. The fourth-order valence-corrected chi connectivity index (χ4v) is 3.10. The van der Waals surface area contributed by atoms with E-state index in [1.54, 1.807) is 28.9 Å². The van der Waals surface area contributed by atoms with Crippen LogP contribution < -0.4 is 0 Å². The van der Waals surface area contributed by atoms with Crippen LogP contribution in [0.5, 0.6) is 0 Å². The van der Waals surface area contributed by atoms with E-state index in [-0.39, 0.29) is 12.5 Å². The number of aliphatic hydroxyl groups is 1. The number of aromatic nitrogens is 5. The topological polar surface area (TPSA) is 97.0 Å². The molecule has 1 N–H and O–H groups in total. The molecule has 3 rings (SSSR count). The second-order valence-electron chi connectivity index (χ2n) is 6.48. The molecule has 0 aromatic carbocycles. The van der Waals surface area contributed by atoms with Crippen LogP contribution in [-0.4, -0.2) is 59.6 Å². The van der Waals surface area contributed by atoms with Gasteiger partial charge in [-0.05, 0) is 33.6 Å². The maximum atomic E-state index is 12.9. The molecule has 1 unspecified atom stereocenters. The number of piperidine rings is 1. The van der Waals surface area contributed by atoms with Crippen LogP contribution in [-0.2, 0) is 6.54 Å². The van der Waals surface area contributed by atoms with Crippen LogP contribution in [0.2, 0.25) is 0 Å². The fraction of sp³-hybridized carbons (Fsp3) is 0.562. The molecule has 0 radical (unpaired) electrons. The number of amides is 1. The van der Waals surface area contributed by atoms with Crippen molar-refractivity contribution < 1.29 is 9.90 Å². The van der Waals surface area contributed by atoms with Gasteiger partial charge < -0.3 is 10.0 Å². The van der Waals surface area contributed by atoms with Crippen molar-refractivity contribution in [2.45, 2.75) is 45.8 Å². The summed E-state index contributed by atoms with van der Waals surface area (Å²) in [5.74, 6) is -0.181. The largest absolute Gasteiger partial charge is 0.386 e. The van der Waals surface area contributed by atoms with Gasteiger partial charge in [-0.15, -0.1) is 5.10 Å². The lowest BCUT2D eigenvalue weighted by molar-refractivity contribution is -0.0389. The van der Waals surface area contributed by atoms with Crippen molar-refractivity contribution in [1.29, 1.82) is 0 Å². The van der Waals surface area contributed by atoms with Gasteiger partial charge in [0.1, 0.15) is 11.3 Å². The minimum Gasteiger partial charge on any atom is -0.386 e. The zero-order chi connectivity index (χ0) is 17.3. The summed E-state index contributed by atoms with van der Waals surface area (Å²) in [4.78, 5) is 23.3. The third-order valence-corrected chi connectivity index (χ3v) is 4.45. The van der Waals surface area contributed by atoms with Gasteiger partial charge in [0.15, 0.2) is 0 Å². The van der Waals surface area contributed by atoms with Crippen molar-refractivity contribution in [3.05, 3.63) is 35.2 Å². The van der Waals surface area contributed by atoms with Gasteiger partial charge in [-0.2, -0.15) is 0 Å². The average Bonchev–Trinajstić information content (AvgIpc) is 3.02. The molecular formula is C16H22N6O2. The van der Waals surface area contributed by atoms with E-state index in [0.29, 0.717) is 30.9 Å². The summed E-state index contributed by atoms with van der Waals surface area (Å²) in [6.07, 6.45) is 4.63. The molecule has 1 amide bonds. The van der Waals surface area contributed by atoms with Gasteiger partial charge in [-0.25, -0.2) is 9.67 Å². The normalized spacial score (nSPS) is 21.1. The first-order valence-electron chi connectivity index (χ1n) is 8.05. The molecule has 1 aliphatic heterocycles. The van der Waals surface area contributed by atoms with Crippen molar-refractivity contribution in [2.75, 3.05) is 13.1 Å². The molecule has 0 aliphatic carbocycles. The Kier molecular flexibility index (Phi) is 4.31. The van der Waals surface area contributed by atoms with E-state index in [4.69, 9.17) is 0 Å². The molecule has 8 nitrogen and oxygen atoms in total. The standard InChI is InChI=1S/C16H22N6O2/c1-11-12(2)19-14(13(3)18-11)15(23)21-7-4-5-16(24,9-21)10-22-8-6-17-20-22/h6,8,24H,4-5,7,9-10H2,1-3H3. The van der Waals surface area contributed by atoms with Gasteiger partial charge >= 0.3 is 0 Å². The first-order chi connectivity index (χ1) is 11.4. The highest BCUT2D eigenvalue weighted by molar-refractivity contribution is 5.93. The van der Waals surface area contributed by atoms with E-state index >= 15 is 0 Å². The zero-order valence-corrected chi connectivity index (χ0v) is 14.2. The van der Waals surface area contributed by atoms with Crippen LogP contribution in [0.15, 0.2) is 12.4 Å². The van der Waals surface area contributed by atoms with Crippen LogP contribution in [0, 0.1) is 20.8 Å². The summed E-state index contributed by atoms with van der Waals surface area (Å²) in [5, 5.41) is 18.5. The lowest BCUT2D eigenvalue weighted by Crippen LogP contribution is -2.52. The summed E-state index contributed by atoms with van der Waals surface area (Å²) in [5.41, 5.74) is 1.55. The quantitative estimate of drug-likeness (QED) is 0.888. The molecule has 24 heavy (non-hydrogen) atoms. The number of β-amino-alcohol motifs (C(OH)–C–C–N with tert-alkyl or cyclic N) is 1. The van der Waals surface area contributed by atoms with Gasteiger partial charge in [0.2, 0.25) is 0 Å². The average molecular weight is 330 g/mol. The molecule has 1 fully saturated rings. The predicted octanol–water partition coefficient (Wildman–Crippen LogP) is 0.661. The van der Waals surface area contributed by atoms with Gasteiger partial charge in [0.25, 0.3) is 5.91 Å². The van der Waals surface area contributed by atoms with Gasteiger partial charge in [0, 0.05) is 12.7 Å². The number of carbonyl (C=O) groups excluding carboxylic acids is 1. The molecular weight excluding hydrogens is 308 g/mol. The fourth-order valence-electron chi connectivity index (χ4n) is 3.10. The number of likely N-dealkylation sites (tertiary alicyclic amines) is 1. The Labute approximate surface area is 140 Å². The van der Waals surface area contributed by atoms with Crippen molar-refractivity contribution in [1.82, 2.24) is 29.9 Å². The highest BCUT2D eigenvalue weighted by Gasteiger charge is 2.37. The SMILES string of the molecule is Cc1nc(C)c(C(=O)N2CCCC(O)(Cn3ccnn3)C2)nc1C. The predicted molar refractivity (Wildman–Crippen MR) is 86.4 cm³/mol. The third kappa shape index (κ3) is 3.28. The molecule has 1 atom stereocenters. The van der Waals surface area contributed by atoms with Gasteiger partial charge in [0.05, 0.1) is 36.4 Å². The summed E-state index contributed by atoms with van der Waals surface area (Å²) >= 11 is 0. The monoisotopic (exact) mass is 330 g/mol. The maximum absolute atomic E-state index is 12.9. The third-order valence-electron chi connectivity index (χ3n) is 4.45. The molecule has 0 bridgehead atoms. The highest BCUT2D eigenvalue weighted by Crippen LogP contribution is 2.24. The lowest BCUT2D eigenvalue weighted by Gasteiger charge is -2.39. The Balaban J connectivity index is 1.79. The Morgan fingerprint density at radius 1 is 1.25 bits per heavy atom. The summed E-state index contributed by atoms with van der Waals surface area (Å²) < 4.78 is 1.59. The molecule has 0 spiro atoms. The minimum atomic E-state index is -1.01. The van der Waals surface area contributed by atoms with Crippen LogP contribution in [0.3, 0.4) is 0 Å². The first-order valence-corrected chi connectivity index (χ1v) is 8.05. The van der Waals surface area contributed by atoms with Gasteiger partial charge in [-0.1, -0.05) is 5.21 Å². The van der Waals surface area contributed by atoms with Crippen molar-refractivity contribution in [3.8, 4) is 0 Å². The molecule has 2 aromatic rings. The summed E-state index contributed by atoms with van der Waals surface area (Å²) in [6, 6.07) is 0. The molecule has 0 saturated carbocycles. The zero-order valence-electron chi connectivity index (χ0n) is 14.2. The van der Waals surface area contributed by atoms with E-state index < -0.39 is 5.60 Å². The van der Waals surface area contributed by atoms with Crippen molar-refractivity contribution >= 4 is 5.91 Å². The van der Waals surface area contributed by atoms with Crippen molar-refractivity contribution in [2.24, 2.45) is 0 Å². The van der Waals surface area contributed by atoms with E-state index in [9.17, 15) is 9.90 Å². The second-order valence-corrected chi connectivity index (χ2v) is 6.48. The lowest BCUT2D eigenvalue weighted by atomic mass is 9.92. The highest BCUT2D eigenvalue weighted by atomic mass is 16.3. The second kappa shape index (κ2) is 6.27. The molecule has 128 valence electrons. The van der Waals surface area contributed by atoms with Crippen molar-refractivity contribution in [3.63, 3.8) is 0 Å². The van der Waals surface area contributed by atoms with Crippen LogP contribution in [0.4, 0.5) is 0 Å². The maximum Gasteiger partial charge on any atom is 0.274 e. The van der Waals surface area contributed by atoms with Crippen LogP contribution in [0.1, 0.15) is 40.4 Å². The number of carbonyl (C=O) groups is 1. The van der Waals surface area contributed by atoms with E-state index in [0.717, 1.165) is 17.8 Å². The summed E-state index contributed by atoms with van der Waals surface area (Å²) in [6.45, 7) is 6.68. The number of hydrogen-bond acceptors (Lipinski definition) is 6. The number of aryl methyl sites for hydroxylation is 3. The van der Waals surface area contributed by atoms with Crippen LogP contribution >= 0.6 is 0 Å². The Morgan fingerprint density at radius 2 is 2.00 bits per heavy atom. The van der Waals surface area contributed by atoms with Gasteiger partial charge in [-0.3, -0.25) is 9.78 Å². The Bertz CT molecular complexity index is 745. The first kappa shape index (κ1) is 16.5. The van der Waals surface area contributed by atoms with Crippen LogP contribution in [0.25, 0.3) is 0 Å². The Hall–Kier alpha value is -2.35. The summed E-state index contributed by atoms with van der Waals surface area (Å²) in [7, 11) is 0. The Morgan fingerprint density at radius 3 is 2.71 bits per heavy atom. The molecule has 2 aromatic heterocycles. The smallest absolute Gasteiger partial charge is 0.274 e. The van der Waals surface area contributed by atoms with E-state index in [1.165, 1.54) is 0 Å². The number of rotatable bonds is 3. The number of hydrogen-bond donors (Lipinski definition) is 1. The minimum absolute atomic E-state index is 0.181. The van der Waals surface area contributed by atoms with E-state index in [1.807, 2.05) is 13.8 Å². The molecule has 1 aliphatic rings.